The van der Waals surface area contributed by atoms with E-state index >= 15 is 0 Å². The van der Waals surface area contributed by atoms with Gasteiger partial charge in [0, 0.05) is 12.2 Å². The van der Waals surface area contributed by atoms with Crippen molar-refractivity contribution in [2.24, 2.45) is 17.6 Å². The van der Waals surface area contributed by atoms with E-state index < -0.39 is 0 Å². The van der Waals surface area contributed by atoms with Gasteiger partial charge in [0.2, 0.25) is 0 Å². The van der Waals surface area contributed by atoms with E-state index in [4.69, 9.17) is 5.73 Å². The van der Waals surface area contributed by atoms with E-state index in [-0.39, 0.29) is 6.04 Å². The van der Waals surface area contributed by atoms with Gasteiger partial charge in [0.25, 0.3) is 0 Å². The molecule has 4 atom stereocenters. The Morgan fingerprint density at radius 1 is 1.24 bits per heavy atom. The highest BCUT2D eigenvalue weighted by Crippen LogP contribution is 2.40. The summed E-state index contributed by atoms with van der Waals surface area (Å²) in [5, 5.41) is 0. The summed E-state index contributed by atoms with van der Waals surface area (Å²) in [6.45, 7) is 4.71. The van der Waals surface area contributed by atoms with Gasteiger partial charge in [0.1, 0.15) is 0 Å². The summed E-state index contributed by atoms with van der Waals surface area (Å²) in [4.78, 5) is 4.37. The van der Waals surface area contributed by atoms with Crippen molar-refractivity contribution in [1.29, 1.82) is 0 Å². The fourth-order valence-electron chi connectivity index (χ4n) is 3.58. The standard InChI is InChI=1S/C18H25N3/c1-13-8-9-17(14(13)2)21-12-20-11-18(21)16(19)10-15-6-4-3-5-7-15/h3-7,11-14,16-17H,8-10,19H2,1-2H3/t13?,14?,16-,17?/m1/s1. The van der Waals surface area contributed by atoms with Gasteiger partial charge in [0.05, 0.1) is 18.1 Å². The molecule has 1 fully saturated rings. The molecule has 0 bridgehead atoms. The summed E-state index contributed by atoms with van der Waals surface area (Å²) < 4.78 is 2.34. The maximum absolute atomic E-state index is 6.46. The molecule has 112 valence electrons. The van der Waals surface area contributed by atoms with Crippen LogP contribution in [-0.4, -0.2) is 9.55 Å². The molecule has 1 heterocycles. The predicted molar refractivity (Wildman–Crippen MR) is 85.9 cm³/mol. The first-order valence-electron chi connectivity index (χ1n) is 7.98. The highest BCUT2D eigenvalue weighted by molar-refractivity contribution is 5.19. The van der Waals surface area contributed by atoms with Gasteiger partial charge in [-0.2, -0.15) is 0 Å². The number of rotatable bonds is 4. The van der Waals surface area contributed by atoms with E-state index in [1.807, 2.05) is 18.6 Å². The van der Waals surface area contributed by atoms with Crippen LogP contribution in [0.25, 0.3) is 0 Å². The third-order valence-electron chi connectivity index (χ3n) is 5.15. The molecule has 3 unspecified atom stereocenters. The van der Waals surface area contributed by atoms with E-state index in [2.05, 4.69) is 47.7 Å². The normalized spacial score (nSPS) is 26.9. The quantitative estimate of drug-likeness (QED) is 0.929. The van der Waals surface area contributed by atoms with Crippen molar-refractivity contribution in [3.63, 3.8) is 0 Å². The van der Waals surface area contributed by atoms with Crippen molar-refractivity contribution >= 4 is 0 Å². The Hall–Kier alpha value is -1.61. The van der Waals surface area contributed by atoms with Gasteiger partial charge in [-0.25, -0.2) is 4.98 Å². The monoisotopic (exact) mass is 283 g/mol. The fraction of sp³-hybridized carbons (Fsp3) is 0.500. The zero-order chi connectivity index (χ0) is 14.8. The van der Waals surface area contributed by atoms with E-state index in [0.717, 1.165) is 12.3 Å². The molecular formula is C18H25N3. The van der Waals surface area contributed by atoms with Crippen LogP contribution in [0.15, 0.2) is 42.9 Å². The SMILES string of the molecule is CC1CCC(n2cncc2[C@H](N)Cc2ccccc2)C1C. The maximum Gasteiger partial charge on any atom is 0.0951 e. The second-order valence-electron chi connectivity index (χ2n) is 6.50. The van der Waals surface area contributed by atoms with Gasteiger partial charge in [-0.15, -0.1) is 0 Å². The van der Waals surface area contributed by atoms with Crippen LogP contribution in [-0.2, 0) is 6.42 Å². The van der Waals surface area contributed by atoms with Crippen LogP contribution < -0.4 is 5.73 Å². The first kappa shape index (κ1) is 14.3. The van der Waals surface area contributed by atoms with E-state index in [0.29, 0.717) is 12.0 Å². The summed E-state index contributed by atoms with van der Waals surface area (Å²) in [5.74, 6) is 1.48. The molecule has 0 amide bonds. The molecule has 3 rings (SSSR count). The first-order valence-corrected chi connectivity index (χ1v) is 7.98. The Balaban J connectivity index is 1.79. The molecule has 21 heavy (non-hydrogen) atoms. The molecule has 0 saturated heterocycles. The van der Waals surface area contributed by atoms with Crippen LogP contribution in [0.4, 0.5) is 0 Å². The van der Waals surface area contributed by atoms with Gasteiger partial charge in [0.15, 0.2) is 0 Å². The lowest BCUT2D eigenvalue weighted by Gasteiger charge is -2.24. The lowest BCUT2D eigenvalue weighted by Crippen LogP contribution is -2.22. The molecule has 1 aliphatic rings. The van der Waals surface area contributed by atoms with Crippen LogP contribution in [0, 0.1) is 11.8 Å². The molecular weight excluding hydrogens is 258 g/mol. The number of hydrogen-bond donors (Lipinski definition) is 1. The minimum Gasteiger partial charge on any atom is -0.330 e. The summed E-state index contributed by atoms with van der Waals surface area (Å²) in [5.41, 5.74) is 8.91. The van der Waals surface area contributed by atoms with Crippen LogP contribution in [0.3, 0.4) is 0 Å². The molecule has 0 spiro atoms. The van der Waals surface area contributed by atoms with Crippen molar-refractivity contribution < 1.29 is 0 Å². The van der Waals surface area contributed by atoms with E-state index in [1.165, 1.54) is 24.1 Å². The van der Waals surface area contributed by atoms with Gasteiger partial charge in [-0.3, -0.25) is 0 Å². The molecule has 0 aliphatic heterocycles. The van der Waals surface area contributed by atoms with Gasteiger partial charge < -0.3 is 10.3 Å². The smallest absolute Gasteiger partial charge is 0.0951 e. The summed E-state index contributed by atoms with van der Waals surface area (Å²) in [6.07, 6.45) is 7.33. The second-order valence-corrected chi connectivity index (χ2v) is 6.50. The number of nitrogens with two attached hydrogens (primary N) is 1. The van der Waals surface area contributed by atoms with Crippen LogP contribution in [0.2, 0.25) is 0 Å². The minimum atomic E-state index is 0.0120. The highest BCUT2D eigenvalue weighted by Gasteiger charge is 2.32. The molecule has 2 aromatic rings. The van der Waals surface area contributed by atoms with Gasteiger partial charge in [-0.05, 0) is 36.7 Å². The molecule has 2 N–H and O–H groups in total. The Morgan fingerprint density at radius 2 is 2.00 bits per heavy atom. The van der Waals surface area contributed by atoms with E-state index in [9.17, 15) is 0 Å². The zero-order valence-corrected chi connectivity index (χ0v) is 12.9. The Bertz CT molecular complexity index is 575. The average Bonchev–Trinajstić information content (AvgIpc) is 3.08. The third kappa shape index (κ3) is 2.88. The number of aromatic nitrogens is 2. The lowest BCUT2D eigenvalue weighted by atomic mass is 9.97. The fourth-order valence-corrected chi connectivity index (χ4v) is 3.58. The van der Waals surface area contributed by atoms with Crippen molar-refractivity contribution in [3.05, 3.63) is 54.1 Å². The predicted octanol–water partition coefficient (Wildman–Crippen LogP) is 3.73. The molecule has 1 aliphatic carbocycles. The van der Waals surface area contributed by atoms with Crippen molar-refractivity contribution in [2.45, 2.75) is 45.2 Å². The molecule has 0 radical (unpaired) electrons. The molecule has 3 nitrogen and oxygen atoms in total. The van der Waals surface area contributed by atoms with Crippen molar-refractivity contribution in [3.8, 4) is 0 Å². The lowest BCUT2D eigenvalue weighted by molar-refractivity contribution is 0.342. The number of benzene rings is 1. The molecule has 1 aromatic carbocycles. The number of hydrogen-bond acceptors (Lipinski definition) is 2. The number of nitrogens with zero attached hydrogens (tertiary/aromatic N) is 2. The van der Waals surface area contributed by atoms with Gasteiger partial charge >= 0.3 is 0 Å². The largest absolute Gasteiger partial charge is 0.330 e. The highest BCUT2D eigenvalue weighted by atomic mass is 15.1. The van der Waals surface area contributed by atoms with Crippen LogP contribution in [0.5, 0.6) is 0 Å². The van der Waals surface area contributed by atoms with Crippen molar-refractivity contribution in [1.82, 2.24) is 9.55 Å². The molecule has 1 aromatic heterocycles. The molecule has 1 saturated carbocycles. The van der Waals surface area contributed by atoms with Gasteiger partial charge in [-0.1, -0.05) is 44.2 Å². The number of imidazole rings is 1. The third-order valence-corrected chi connectivity index (χ3v) is 5.15. The van der Waals surface area contributed by atoms with Crippen molar-refractivity contribution in [2.75, 3.05) is 0 Å². The summed E-state index contributed by atoms with van der Waals surface area (Å²) >= 11 is 0. The van der Waals surface area contributed by atoms with Crippen LogP contribution in [0.1, 0.15) is 50.0 Å². The average molecular weight is 283 g/mol. The maximum atomic E-state index is 6.46. The molecule has 3 heteroatoms. The van der Waals surface area contributed by atoms with E-state index in [1.54, 1.807) is 0 Å². The summed E-state index contributed by atoms with van der Waals surface area (Å²) in [6, 6.07) is 11.0. The second kappa shape index (κ2) is 6.02. The summed E-state index contributed by atoms with van der Waals surface area (Å²) in [7, 11) is 0. The Morgan fingerprint density at radius 3 is 2.67 bits per heavy atom. The topological polar surface area (TPSA) is 43.8 Å². The Kier molecular flexibility index (Phi) is 4.11. The zero-order valence-electron chi connectivity index (χ0n) is 12.9. The first-order chi connectivity index (χ1) is 10.2. The minimum absolute atomic E-state index is 0.0120. The Labute approximate surface area is 127 Å². The van der Waals surface area contributed by atoms with Crippen LogP contribution >= 0.6 is 0 Å².